The zero-order valence-corrected chi connectivity index (χ0v) is 15.4. The molecule has 0 bridgehead atoms. The number of imidazole rings is 1. The molecule has 2 aromatic heterocycles. The second kappa shape index (κ2) is 6.64. The molecule has 1 aliphatic rings. The van der Waals surface area contributed by atoms with Crippen LogP contribution >= 0.6 is 11.3 Å². The van der Waals surface area contributed by atoms with E-state index in [0.717, 1.165) is 47.5 Å². The van der Waals surface area contributed by atoms with Crippen LogP contribution in [0, 0.1) is 5.92 Å². The van der Waals surface area contributed by atoms with Gasteiger partial charge in [0.1, 0.15) is 17.1 Å². The van der Waals surface area contributed by atoms with Gasteiger partial charge in [0.05, 0.1) is 6.61 Å². The van der Waals surface area contributed by atoms with Crippen molar-refractivity contribution in [3.63, 3.8) is 0 Å². The van der Waals surface area contributed by atoms with Crippen LogP contribution in [-0.4, -0.2) is 22.3 Å². The van der Waals surface area contributed by atoms with Gasteiger partial charge in [0.25, 0.3) is 0 Å². The van der Waals surface area contributed by atoms with Crippen LogP contribution < -0.4 is 4.74 Å². The van der Waals surface area contributed by atoms with Crippen LogP contribution in [0.4, 0.5) is 0 Å². The van der Waals surface area contributed by atoms with Crippen LogP contribution in [0.5, 0.6) is 5.75 Å². The Labute approximate surface area is 151 Å². The smallest absolute Gasteiger partial charge is 0.195 e. The maximum atomic E-state index is 11.9. The lowest BCUT2D eigenvalue weighted by molar-refractivity contribution is 0.111. The molecule has 0 fully saturated rings. The van der Waals surface area contributed by atoms with Crippen LogP contribution in [0.1, 0.15) is 47.7 Å². The number of carbonyl (C=O) groups is 1. The van der Waals surface area contributed by atoms with E-state index in [4.69, 9.17) is 9.72 Å². The summed E-state index contributed by atoms with van der Waals surface area (Å²) in [6, 6.07) is 7.87. The number of hydrogen-bond acceptors (Lipinski definition) is 4. The maximum Gasteiger partial charge on any atom is 0.195 e. The Morgan fingerprint density at radius 1 is 1.36 bits per heavy atom. The van der Waals surface area contributed by atoms with Gasteiger partial charge in [-0.15, -0.1) is 11.3 Å². The van der Waals surface area contributed by atoms with Crippen molar-refractivity contribution < 1.29 is 9.53 Å². The number of benzene rings is 1. The van der Waals surface area contributed by atoms with Crippen molar-refractivity contribution in [2.45, 2.75) is 39.5 Å². The number of aldehydes is 1. The molecule has 1 unspecified atom stereocenters. The summed E-state index contributed by atoms with van der Waals surface area (Å²) in [6.45, 7) is 5.09. The molecule has 25 heavy (non-hydrogen) atoms. The number of aromatic nitrogens is 2. The Balaban J connectivity index is 1.75. The minimum Gasteiger partial charge on any atom is -0.494 e. The van der Waals surface area contributed by atoms with Crippen LogP contribution in [-0.2, 0) is 12.8 Å². The fourth-order valence-electron chi connectivity index (χ4n) is 3.50. The topological polar surface area (TPSA) is 43.6 Å². The molecule has 0 spiro atoms. The van der Waals surface area contributed by atoms with Gasteiger partial charge in [-0.3, -0.25) is 9.20 Å². The molecule has 0 N–H and O–H groups in total. The van der Waals surface area contributed by atoms with Crippen molar-refractivity contribution in [3.05, 3.63) is 40.5 Å². The van der Waals surface area contributed by atoms with Gasteiger partial charge in [0.2, 0.25) is 0 Å². The third kappa shape index (κ3) is 2.86. The van der Waals surface area contributed by atoms with Gasteiger partial charge in [-0.05, 0) is 55.9 Å². The van der Waals surface area contributed by atoms with Crippen molar-refractivity contribution in [1.29, 1.82) is 0 Å². The van der Waals surface area contributed by atoms with E-state index in [1.807, 2.05) is 24.3 Å². The van der Waals surface area contributed by atoms with Crippen molar-refractivity contribution in [2.24, 2.45) is 5.92 Å². The first kappa shape index (κ1) is 16.3. The number of fused-ring (bicyclic) bond motifs is 3. The first-order valence-corrected chi connectivity index (χ1v) is 9.74. The van der Waals surface area contributed by atoms with E-state index in [1.54, 1.807) is 11.3 Å². The summed E-state index contributed by atoms with van der Waals surface area (Å²) in [5, 5.41) is 0. The van der Waals surface area contributed by atoms with E-state index < -0.39 is 0 Å². The Bertz CT molecular complexity index is 908. The van der Waals surface area contributed by atoms with E-state index in [9.17, 15) is 4.79 Å². The Morgan fingerprint density at radius 3 is 2.88 bits per heavy atom. The van der Waals surface area contributed by atoms with Gasteiger partial charge < -0.3 is 4.74 Å². The Morgan fingerprint density at radius 2 is 2.16 bits per heavy atom. The molecule has 4 nitrogen and oxygen atoms in total. The highest BCUT2D eigenvalue weighted by Gasteiger charge is 2.25. The summed E-state index contributed by atoms with van der Waals surface area (Å²) in [7, 11) is 0. The molecule has 0 saturated heterocycles. The SMILES string of the molecule is CCCOc1ccc(-c2nc3sc4c(n3c2C=O)CCC(C)C4)cc1. The number of ether oxygens (including phenoxy) is 1. The second-order valence-corrected chi connectivity index (χ2v) is 7.84. The van der Waals surface area contributed by atoms with Crippen molar-refractivity contribution in [2.75, 3.05) is 6.61 Å². The quantitative estimate of drug-likeness (QED) is 0.619. The molecule has 1 aromatic carbocycles. The lowest BCUT2D eigenvalue weighted by Gasteiger charge is -2.17. The minimum absolute atomic E-state index is 0.671. The normalized spacial score (nSPS) is 16.8. The van der Waals surface area contributed by atoms with Crippen molar-refractivity contribution in [3.8, 4) is 17.0 Å². The highest BCUT2D eigenvalue weighted by Crippen LogP contribution is 2.36. The van der Waals surface area contributed by atoms with E-state index in [1.165, 1.54) is 17.0 Å². The first-order valence-electron chi connectivity index (χ1n) is 8.92. The number of nitrogens with zero attached hydrogens (tertiary/aromatic N) is 2. The Hall–Kier alpha value is -2.14. The molecular formula is C20H22N2O2S. The van der Waals surface area contributed by atoms with E-state index in [2.05, 4.69) is 18.2 Å². The average Bonchev–Trinajstić information content (AvgIpc) is 3.15. The highest BCUT2D eigenvalue weighted by atomic mass is 32.1. The van der Waals surface area contributed by atoms with E-state index in [0.29, 0.717) is 18.2 Å². The number of aryl methyl sites for hydroxylation is 1. The van der Waals surface area contributed by atoms with E-state index >= 15 is 0 Å². The van der Waals surface area contributed by atoms with Gasteiger partial charge in [0.15, 0.2) is 11.2 Å². The molecule has 3 aromatic rings. The third-order valence-electron chi connectivity index (χ3n) is 4.81. The monoisotopic (exact) mass is 354 g/mol. The summed E-state index contributed by atoms with van der Waals surface area (Å²) in [6.07, 6.45) is 5.23. The first-order chi connectivity index (χ1) is 12.2. The van der Waals surface area contributed by atoms with Crippen molar-refractivity contribution in [1.82, 2.24) is 9.38 Å². The second-order valence-electron chi connectivity index (χ2n) is 6.77. The average molecular weight is 354 g/mol. The summed E-state index contributed by atoms with van der Waals surface area (Å²) in [5.74, 6) is 1.57. The van der Waals surface area contributed by atoms with Gasteiger partial charge in [-0.1, -0.05) is 13.8 Å². The van der Waals surface area contributed by atoms with Gasteiger partial charge in [0, 0.05) is 16.1 Å². The van der Waals surface area contributed by atoms with Gasteiger partial charge >= 0.3 is 0 Å². The summed E-state index contributed by atoms with van der Waals surface area (Å²) >= 11 is 1.73. The van der Waals surface area contributed by atoms with Crippen LogP contribution in [0.25, 0.3) is 16.2 Å². The van der Waals surface area contributed by atoms with Gasteiger partial charge in [-0.2, -0.15) is 0 Å². The fourth-order valence-corrected chi connectivity index (χ4v) is 4.83. The number of carbonyl (C=O) groups excluding carboxylic acids is 1. The predicted molar refractivity (Wildman–Crippen MR) is 101 cm³/mol. The maximum absolute atomic E-state index is 11.9. The molecule has 0 saturated carbocycles. The standard InChI is InChI=1S/C20H22N2O2S/c1-3-10-24-15-7-5-14(6-8-15)19-17(12-23)22-16-9-4-13(2)11-18(16)25-20(22)21-19/h5-8,12-13H,3-4,9-11H2,1-2H3. The largest absolute Gasteiger partial charge is 0.494 e. The molecule has 0 aliphatic heterocycles. The lowest BCUT2D eigenvalue weighted by Crippen LogP contribution is -2.11. The highest BCUT2D eigenvalue weighted by molar-refractivity contribution is 7.17. The lowest BCUT2D eigenvalue weighted by atomic mass is 9.93. The van der Waals surface area contributed by atoms with E-state index in [-0.39, 0.29) is 0 Å². The molecule has 0 amide bonds. The van der Waals surface area contributed by atoms with Crippen LogP contribution in [0.15, 0.2) is 24.3 Å². The van der Waals surface area contributed by atoms with Crippen molar-refractivity contribution >= 4 is 22.6 Å². The molecule has 5 heteroatoms. The number of rotatable bonds is 5. The molecule has 0 radical (unpaired) electrons. The molecule has 4 rings (SSSR count). The third-order valence-corrected chi connectivity index (χ3v) is 5.91. The summed E-state index contributed by atoms with van der Waals surface area (Å²) < 4.78 is 7.72. The fraction of sp³-hybridized carbons (Fsp3) is 0.400. The summed E-state index contributed by atoms with van der Waals surface area (Å²) in [5.41, 5.74) is 3.68. The predicted octanol–water partition coefficient (Wildman–Crippen LogP) is 4.79. The molecule has 130 valence electrons. The van der Waals surface area contributed by atoms with Crippen LogP contribution in [0.2, 0.25) is 0 Å². The molecule has 2 heterocycles. The zero-order valence-electron chi connectivity index (χ0n) is 14.6. The molecular weight excluding hydrogens is 332 g/mol. The Kier molecular flexibility index (Phi) is 4.34. The summed E-state index contributed by atoms with van der Waals surface area (Å²) in [4.78, 5) is 19.0. The minimum atomic E-state index is 0.671. The van der Waals surface area contributed by atoms with Crippen LogP contribution in [0.3, 0.4) is 0 Å². The van der Waals surface area contributed by atoms with Gasteiger partial charge in [-0.25, -0.2) is 4.98 Å². The number of thiazole rings is 1. The number of hydrogen-bond donors (Lipinski definition) is 0. The molecule has 1 aliphatic carbocycles. The molecule has 1 atom stereocenters. The zero-order chi connectivity index (χ0) is 17.4.